The van der Waals surface area contributed by atoms with E-state index < -0.39 is 0 Å². The molecule has 2 rings (SSSR count). The van der Waals surface area contributed by atoms with Gasteiger partial charge in [-0.3, -0.25) is 0 Å². The fourth-order valence-corrected chi connectivity index (χ4v) is 3.50. The smallest absolute Gasteiger partial charge is 0.122 e. The number of benzene rings is 2. The van der Waals surface area contributed by atoms with Crippen molar-refractivity contribution in [2.45, 2.75) is 66.2 Å². The molecule has 0 N–H and O–H groups in total. The minimum atomic E-state index is -0.0691. The van der Waals surface area contributed by atoms with Gasteiger partial charge in [0.15, 0.2) is 0 Å². The van der Waals surface area contributed by atoms with Crippen LogP contribution >= 0.6 is 0 Å². The van der Waals surface area contributed by atoms with Crippen molar-refractivity contribution >= 4 is 0 Å². The molecule has 0 radical (unpaired) electrons. The Balaban J connectivity index is 2.03. The predicted octanol–water partition coefficient (Wildman–Crippen LogP) is 6.37. The summed E-state index contributed by atoms with van der Waals surface area (Å²) in [4.78, 5) is 0. The highest BCUT2D eigenvalue weighted by atomic mass is 16.5. The average Bonchev–Trinajstić information content (AvgIpc) is 2.65. The molecule has 0 saturated heterocycles. The van der Waals surface area contributed by atoms with E-state index in [-0.39, 0.29) is 10.8 Å². The molecule has 3 heteroatoms. The second-order valence-electron chi connectivity index (χ2n) is 9.09. The van der Waals surface area contributed by atoms with Crippen molar-refractivity contribution < 1.29 is 14.2 Å². The quantitative estimate of drug-likeness (QED) is 0.465. The minimum Gasteiger partial charge on any atom is -0.494 e. The molecule has 0 aliphatic rings. The lowest BCUT2D eigenvalue weighted by Gasteiger charge is -2.30. The van der Waals surface area contributed by atoms with E-state index in [0.29, 0.717) is 26.4 Å². The highest BCUT2D eigenvalue weighted by Crippen LogP contribution is 2.31. The first kappa shape index (κ1) is 23.3. The Kier molecular flexibility index (Phi) is 7.76. The van der Waals surface area contributed by atoms with Gasteiger partial charge in [-0.1, -0.05) is 52.0 Å². The van der Waals surface area contributed by atoms with Crippen LogP contribution in [0.5, 0.6) is 11.5 Å². The van der Waals surface area contributed by atoms with E-state index in [1.807, 2.05) is 13.8 Å². The SMILES string of the molecule is CCOc1ccc(C(C)(C)COCC(C)(C)c2ccc(OCC)c(C)c2)cc1C. The van der Waals surface area contributed by atoms with Crippen molar-refractivity contribution in [3.63, 3.8) is 0 Å². The van der Waals surface area contributed by atoms with Crippen LogP contribution in [0, 0.1) is 13.8 Å². The van der Waals surface area contributed by atoms with E-state index in [0.717, 1.165) is 11.5 Å². The third kappa shape index (κ3) is 5.99. The molecule has 3 nitrogen and oxygen atoms in total. The molecule has 29 heavy (non-hydrogen) atoms. The normalized spacial score (nSPS) is 12.1. The monoisotopic (exact) mass is 398 g/mol. The Morgan fingerprint density at radius 2 is 1.03 bits per heavy atom. The highest BCUT2D eigenvalue weighted by Gasteiger charge is 2.26. The maximum atomic E-state index is 6.24. The Hall–Kier alpha value is -2.00. The molecule has 0 aromatic heterocycles. The van der Waals surface area contributed by atoms with Crippen molar-refractivity contribution in [3.8, 4) is 11.5 Å². The number of hydrogen-bond acceptors (Lipinski definition) is 3. The van der Waals surface area contributed by atoms with Crippen LogP contribution in [0.3, 0.4) is 0 Å². The van der Waals surface area contributed by atoms with Crippen molar-refractivity contribution in [2.24, 2.45) is 0 Å². The van der Waals surface area contributed by atoms with E-state index >= 15 is 0 Å². The van der Waals surface area contributed by atoms with Gasteiger partial charge < -0.3 is 14.2 Å². The second kappa shape index (κ2) is 9.67. The molecule has 0 spiro atoms. The molecule has 0 aliphatic carbocycles. The first-order valence-corrected chi connectivity index (χ1v) is 10.7. The summed E-state index contributed by atoms with van der Waals surface area (Å²) < 4.78 is 17.6. The van der Waals surface area contributed by atoms with Gasteiger partial charge in [0, 0.05) is 10.8 Å². The lowest BCUT2D eigenvalue weighted by molar-refractivity contribution is 0.0633. The maximum absolute atomic E-state index is 6.24. The zero-order valence-corrected chi connectivity index (χ0v) is 19.5. The fraction of sp³-hybridized carbons (Fsp3) is 0.538. The number of rotatable bonds is 10. The summed E-state index contributed by atoms with van der Waals surface area (Å²) in [5.41, 5.74) is 4.74. The fourth-order valence-electron chi connectivity index (χ4n) is 3.50. The second-order valence-corrected chi connectivity index (χ2v) is 9.09. The van der Waals surface area contributed by atoms with Gasteiger partial charge in [0.2, 0.25) is 0 Å². The van der Waals surface area contributed by atoms with E-state index in [9.17, 15) is 0 Å². The van der Waals surface area contributed by atoms with Crippen molar-refractivity contribution in [3.05, 3.63) is 58.7 Å². The van der Waals surface area contributed by atoms with Crippen LogP contribution in [-0.4, -0.2) is 26.4 Å². The van der Waals surface area contributed by atoms with Crippen molar-refractivity contribution in [1.82, 2.24) is 0 Å². The molecule has 0 aliphatic heterocycles. The van der Waals surface area contributed by atoms with Gasteiger partial charge in [-0.05, 0) is 62.1 Å². The maximum Gasteiger partial charge on any atom is 0.122 e. The molecule has 0 fully saturated rings. The first-order chi connectivity index (χ1) is 13.6. The van der Waals surface area contributed by atoms with Crippen molar-refractivity contribution in [1.29, 1.82) is 0 Å². The standard InChI is InChI=1S/C26H38O3/c1-9-28-23-13-11-21(15-19(23)3)25(5,6)17-27-18-26(7,8)22-12-14-24(29-10-2)20(4)16-22/h11-16H,9-10,17-18H2,1-8H3. The van der Waals surface area contributed by atoms with Crippen LogP contribution in [-0.2, 0) is 15.6 Å². The number of hydrogen-bond donors (Lipinski definition) is 0. The largest absolute Gasteiger partial charge is 0.494 e. The summed E-state index contributed by atoms with van der Waals surface area (Å²) in [6.45, 7) is 19.9. The Bertz CT molecular complexity index is 738. The minimum absolute atomic E-state index is 0.0691. The Morgan fingerprint density at radius 1 is 0.655 bits per heavy atom. The summed E-state index contributed by atoms with van der Waals surface area (Å²) >= 11 is 0. The van der Waals surface area contributed by atoms with Gasteiger partial charge in [-0.25, -0.2) is 0 Å². The van der Waals surface area contributed by atoms with Crippen LogP contribution < -0.4 is 9.47 Å². The van der Waals surface area contributed by atoms with Crippen LogP contribution in [0.25, 0.3) is 0 Å². The zero-order valence-electron chi connectivity index (χ0n) is 19.5. The first-order valence-electron chi connectivity index (χ1n) is 10.7. The molecule has 0 amide bonds. The molecule has 0 bridgehead atoms. The molecular formula is C26H38O3. The topological polar surface area (TPSA) is 27.7 Å². The van der Waals surface area contributed by atoms with Crippen LogP contribution in [0.15, 0.2) is 36.4 Å². The van der Waals surface area contributed by atoms with E-state index in [1.165, 1.54) is 22.3 Å². The van der Waals surface area contributed by atoms with Gasteiger partial charge in [0.25, 0.3) is 0 Å². The molecule has 160 valence electrons. The summed E-state index contributed by atoms with van der Waals surface area (Å²) in [7, 11) is 0. The predicted molar refractivity (Wildman–Crippen MR) is 122 cm³/mol. The molecule has 0 atom stereocenters. The third-order valence-electron chi connectivity index (χ3n) is 5.44. The van der Waals surface area contributed by atoms with Gasteiger partial charge in [0.1, 0.15) is 11.5 Å². The number of aryl methyl sites for hydroxylation is 2. The summed E-state index contributed by atoms with van der Waals surface area (Å²) in [5.74, 6) is 1.92. The molecule has 2 aromatic carbocycles. The van der Waals surface area contributed by atoms with Crippen LogP contribution in [0.1, 0.15) is 63.8 Å². The summed E-state index contributed by atoms with van der Waals surface area (Å²) in [6, 6.07) is 12.9. The van der Waals surface area contributed by atoms with Crippen molar-refractivity contribution in [2.75, 3.05) is 26.4 Å². The third-order valence-corrected chi connectivity index (χ3v) is 5.44. The van der Waals surface area contributed by atoms with Crippen LogP contribution in [0.2, 0.25) is 0 Å². The van der Waals surface area contributed by atoms with Gasteiger partial charge in [0.05, 0.1) is 26.4 Å². The van der Waals surface area contributed by atoms with Crippen LogP contribution in [0.4, 0.5) is 0 Å². The molecule has 0 unspecified atom stereocenters. The molecule has 0 heterocycles. The molecule has 2 aromatic rings. The summed E-state index contributed by atoms with van der Waals surface area (Å²) in [6.07, 6.45) is 0. The van der Waals surface area contributed by atoms with E-state index in [1.54, 1.807) is 0 Å². The summed E-state index contributed by atoms with van der Waals surface area (Å²) in [5, 5.41) is 0. The lowest BCUT2D eigenvalue weighted by atomic mass is 9.83. The Morgan fingerprint density at radius 3 is 1.34 bits per heavy atom. The average molecular weight is 399 g/mol. The van der Waals surface area contributed by atoms with E-state index in [4.69, 9.17) is 14.2 Å². The highest BCUT2D eigenvalue weighted by molar-refractivity contribution is 5.40. The Labute approximate surface area is 177 Å². The zero-order chi connectivity index (χ0) is 21.7. The van der Waals surface area contributed by atoms with Gasteiger partial charge >= 0.3 is 0 Å². The molecule has 0 saturated carbocycles. The van der Waals surface area contributed by atoms with Gasteiger partial charge in [-0.15, -0.1) is 0 Å². The molecular weight excluding hydrogens is 360 g/mol. The lowest BCUT2D eigenvalue weighted by Crippen LogP contribution is -2.30. The van der Waals surface area contributed by atoms with E-state index in [2.05, 4.69) is 77.9 Å². The number of ether oxygens (including phenoxy) is 3. The van der Waals surface area contributed by atoms with Gasteiger partial charge in [-0.2, -0.15) is 0 Å².